The molecule has 0 aromatic carbocycles. The number of nitro groups is 1. The van der Waals surface area contributed by atoms with Crippen LogP contribution in [0.15, 0.2) is 12.3 Å². The van der Waals surface area contributed by atoms with Crippen molar-refractivity contribution in [2.24, 2.45) is 0 Å². The van der Waals surface area contributed by atoms with E-state index in [0.717, 1.165) is 0 Å². The van der Waals surface area contributed by atoms with Crippen molar-refractivity contribution in [2.75, 3.05) is 0 Å². The van der Waals surface area contributed by atoms with Crippen molar-refractivity contribution < 1.29 is 22.9 Å². The summed E-state index contributed by atoms with van der Waals surface area (Å²) in [5.74, 6) is -2.24. The molecule has 0 aliphatic rings. The van der Waals surface area contributed by atoms with Gasteiger partial charge in [-0.05, 0) is 0 Å². The predicted molar refractivity (Wildman–Crippen MR) is 27.2 cm³/mol. The predicted octanol–water partition coefficient (Wildman–Crippen LogP) is 0.908. The maximum atomic E-state index is 11.3. The van der Waals surface area contributed by atoms with Gasteiger partial charge in [0.25, 0.3) is 5.78 Å². The molecule has 0 amide bonds. The largest absolute Gasteiger partial charge is 0.454 e. The maximum Gasteiger partial charge on any atom is 0.454 e. The van der Waals surface area contributed by atoms with Crippen molar-refractivity contribution in [2.45, 2.75) is 6.18 Å². The normalized spacial score (nSPS) is 11.9. The van der Waals surface area contributed by atoms with Crippen LogP contribution in [0.1, 0.15) is 0 Å². The Morgan fingerprint density at radius 2 is 1.91 bits per heavy atom. The van der Waals surface area contributed by atoms with Gasteiger partial charge in [-0.2, -0.15) is 13.2 Å². The van der Waals surface area contributed by atoms with Gasteiger partial charge in [-0.1, -0.05) is 0 Å². The van der Waals surface area contributed by atoms with Crippen molar-refractivity contribution in [3.05, 3.63) is 22.4 Å². The molecule has 0 aliphatic carbocycles. The summed E-state index contributed by atoms with van der Waals surface area (Å²) in [7, 11) is 0. The lowest BCUT2D eigenvalue weighted by Crippen LogP contribution is -2.20. The highest BCUT2D eigenvalue weighted by Gasteiger charge is 2.36. The minimum absolute atomic E-state index is 0.0597. The van der Waals surface area contributed by atoms with Gasteiger partial charge in [-0.3, -0.25) is 14.9 Å². The van der Waals surface area contributed by atoms with Crippen molar-refractivity contribution >= 4 is 5.78 Å². The van der Waals surface area contributed by atoms with Crippen molar-refractivity contribution in [3.8, 4) is 0 Å². The van der Waals surface area contributed by atoms with E-state index in [1.807, 2.05) is 0 Å². The molecule has 0 aromatic heterocycles. The van der Waals surface area contributed by atoms with E-state index < -0.39 is 16.9 Å². The molecular weight excluding hydrogens is 167 g/mol. The molecule has 0 heterocycles. The number of halogens is 3. The zero-order valence-electron chi connectivity index (χ0n) is 4.96. The Morgan fingerprint density at radius 1 is 1.45 bits per heavy atom. The van der Waals surface area contributed by atoms with Crippen molar-refractivity contribution in [1.82, 2.24) is 0 Å². The molecule has 0 saturated heterocycles. The number of allylic oxidation sites excluding steroid dienone is 1. The Hall–Kier alpha value is -1.40. The standard InChI is InChI=1S/C4H2F3NO3/c5-4(6,7)3(9)1-2-8(10)11/h1-2H/b2-1+. The van der Waals surface area contributed by atoms with Crippen LogP contribution >= 0.6 is 0 Å². The molecular formula is C4H2F3NO3. The third-order valence-corrected chi connectivity index (χ3v) is 0.627. The molecule has 0 aromatic rings. The van der Waals surface area contributed by atoms with Crippen molar-refractivity contribution in [3.63, 3.8) is 0 Å². The number of carbonyl (C=O) groups is 1. The number of rotatable bonds is 2. The molecule has 7 heteroatoms. The second kappa shape index (κ2) is 3.13. The summed E-state index contributed by atoms with van der Waals surface area (Å²) in [6, 6.07) is 0. The average Bonchev–Trinajstić information content (AvgIpc) is 1.80. The maximum absolute atomic E-state index is 11.3. The first-order chi connectivity index (χ1) is 4.84. The molecule has 0 fully saturated rings. The summed E-state index contributed by atoms with van der Waals surface area (Å²) >= 11 is 0. The summed E-state index contributed by atoms with van der Waals surface area (Å²) in [6.07, 6.45) is -5.23. The van der Waals surface area contributed by atoms with E-state index in [9.17, 15) is 28.1 Å². The molecule has 0 unspecified atom stereocenters. The Kier molecular flexibility index (Phi) is 2.73. The monoisotopic (exact) mass is 169 g/mol. The minimum Gasteiger partial charge on any atom is -0.284 e. The highest BCUT2D eigenvalue weighted by atomic mass is 19.4. The highest BCUT2D eigenvalue weighted by Crippen LogP contribution is 2.16. The number of hydrogen-bond donors (Lipinski definition) is 0. The third kappa shape index (κ3) is 4.06. The van der Waals surface area contributed by atoms with Gasteiger partial charge in [-0.15, -0.1) is 0 Å². The molecule has 11 heavy (non-hydrogen) atoms. The number of ketones is 1. The van der Waals surface area contributed by atoms with E-state index >= 15 is 0 Å². The van der Waals surface area contributed by atoms with E-state index in [0.29, 0.717) is 0 Å². The van der Waals surface area contributed by atoms with Gasteiger partial charge in [0.1, 0.15) is 0 Å². The molecule has 0 radical (unpaired) electrons. The quantitative estimate of drug-likeness (QED) is 0.350. The molecule has 62 valence electrons. The summed E-state index contributed by atoms with van der Waals surface area (Å²) in [6.45, 7) is 0. The highest BCUT2D eigenvalue weighted by molar-refractivity contribution is 5.94. The zero-order valence-corrected chi connectivity index (χ0v) is 4.96. The number of hydrogen-bond acceptors (Lipinski definition) is 3. The van der Waals surface area contributed by atoms with Crippen LogP contribution in [0.2, 0.25) is 0 Å². The van der Waals surface area contributed by atoms with Crippen LogP contribution in [0.3, 0.4) is 0 Å². The molecule has 0 bridgehead atoms. The first kappa shape index (κ1) is 9.60. The van der Waals surface area contributed by atoms with Gasteiger partial charge in [0.05, 0.1) is 11.0 Å². The van der Waals surface area contributed by atoms with Crippen LogP contribution in [0.25, 0.3) is 0 Å². The molecule has 0 atom stereocenters. The smallest absolute Gasteiger partial charge is 0.284 e. The summed E-state index contributed by atoms with van der Waals surface area (Å²) in [5, 5.41) is 9.43. The van der Waals surface area contributed by atoms with Gasteiger partial charge in [0, 0.05) is 0 Å². The molecule has 0 spiro atoms. The lowest BCUT2D eigenvalue weighted by Gasteiger charge is -1.96. The van der Waals surface area contributed by atoms with Crippen LogP contribution < -0.4 is 0 Å². The van der Waals surface area contributed by atoms with Gasteiger partial charge in [-0.25, -0.2) is 0 Å². The Balaban J connectivity index is 4.20. The lowest BCUT2D eigenvalue weighted by atomic mass is 10.4. The first-order valence-corrected chi connectivity index (χ1v) is 2.27. The fourth-order valence-electron chi connectivity index (χ4n) is 0.223. The van der Waals surface area contributed by atoms with E-state index in [1.54, 1.807) is 0 Å². The second-order valence-corrected chi connectivity index (χ2v) is 1.46. The van der Waals surface area contributed by atoms with E-state index in [-0.39, 0.29) is 12.3 Å². The van der Waals surface area contributed by atoms with Crippen LogP contribution in [0, 0.1) is 10.1 Å². The van der Waals surface area contributed by atoms with Crippen LogP contribution in [-0.4, -0.2) is 16.9 Å². The van der Waals surface area contributed by atoms with Crippen LogP contribution in [0.5, 0.6) is 0 Å². The Labute approximate surface area is 58.5 Å². The summed E-state index contributed by atoms with van der Waals surface area (Å²) < 4.78 is 33.8. The van der Waals surface area contributed by atoms with Gasteiger partial charge in [0.2, 0.25) is 6.20 Å². The van der Waals surface area contributed by atoms with E-state index in [2.05, 4.69) is 0 Å². The molecule has 0 saturated carbocycles. The Morgan fingerprint density at radius 3 is 2.18 bits per heavy atom. The fraction of sp³-hybridized carbons (Fsp3) is 0.250. The van der Waals surface area contributed by atoms with Crippen LogP contribution in [0.4, 0.5) is 13.2 Å². The molecule has 0 rings (SSSR count). The van der Waals surface area contributed by atoms with Crippen molar-refractivity contribution in [1.29, 1.82) is 0 Å². The van der Waals surface area contributed by atoms with Gasteiger partial charge < -0.3 is 0 Å². The average molecular weight is 169 g/mol. The third-order valence-electron chi connectivity index (χ3n) is 0.627. The van der Waals surface area contributed by atoms with E-state index in [4.69, 9.17) is 0 Å². The second-order valence-electron chi connectivity index (χ2n) is 1.46. The fourth-order valence-corrected chi connectivity index (χ4v) is 0.223. The van der Waals surface area contributed by atoms with E-state index in [1.165, 1.54) is 0 Å². The zero-order chi connectivity index (χ0) is 9.07. The topological polar surface area (TPSA) is 60.2 Å². The molecule has 0 aliphatic heterocycles. The Bertz CT molecular complexity index is 207. The molecule has 0 N–H and O–H groups in total. The number of nitrogens with zero attached hydrogens (tertiary/aromatic N) is 1. The number of alkyl halides is 3. The van der Waals surface area contributed by atoms with Crippen LogP contribution in [-0.2, 0) is 4.79 Å². The summed E-state index contributed by atoms with van der Waals surface area (Å²) in [5.41, 5.74) is 0. The first-order valence-electron chi connectivity index (χ1n) is 2.27. The van der Waals surface area contributed by atoms with Gasteiger partial charge >= 0.3 is 6.18 Å². The minimum atomic E-state index is -5.04. The number of carbonyl (C=O) groups excluding carboxylic acids is 1. The lowest BCUT2D eigenvalue weighted by molar-refractivity contribution is -0.402. The molecule has 4 nitrogen and oxygen atoms in total. The SMILES string of the molecule is O=C(/C=C/[N+](=O)[O-])C(F)(F)F. The summed E-state index contributed by atoms with van der Waals surface area (Å²) in [4.78, 5) is 18.1. The van der Waals surface area contributed by atoms with Gasteiger partial charge in [0.15, 0.2) is 0 Å².